The molecule has 0 aromatic heterocycles. The van der Waals surface area contributed by atoms with E-state index in [4.69, 9.17) is 0 Å². The van der Waals surface area contributed by atoms with E-state index < -0.39 is 5.69 Å². The van der Waals surface area contributed by atoms with Crippen molar-refractivity contribution in [2.75, 3.05) is 13.1 Å². The molecule has 90 valence electrons. The van der Waals surface area contributed by atoms with Gasteiger partial charge in [0.05, 0.1) is 11.4 Å². The van der Waals surface area contributed by atoms with Gasteiger partial charge in [-0.2, -0.15) is 9.71 Å². The zero-order valence-electron chi connectivity index (χ0n) is 9.31. The lowest BCUT2D eigenvalue weighted by atomic mass is 9.94. The van der Waals surface area contributed by atoms with Gasteiger partial charge in [0, 0.05) is 5.92 Å². The molecular formula is C11H14N4O2. The molecule has 1 fully saturated rings. The smallest absolute Gasteiger partial charge is 0.347 e. The Balaban J connectivity index is 2.07. The number of aromatic nitrogens is 3. The molecule has 17 heavy (non-hydrogen) atoms. The van der Waals surface area contributed by atoms with Crippen LogP contribution in [0.15, 0.2) is 16.9 Å². The average Bonchev–Trinajstić information content (AvgIpc) is 2.72. The molecule has 3 aliphatic heterocycles. The van der Waals surface area contributed by atoms with E-state index in [1.165, 1.54) is 0 Å². The predicted octanol–water partition coefficient (Wildman–Crippen LogP) is 0.380. The van der Waals surface area contributed by atoms with Crippen molar-refractivity contribution < 1.29 is 5.21 Å². The standard InChI is InChI=1S/C11H14N4O2/c16-11-13-8-1-2-9(15(17)10(8)14-11)7-3-5-12-6-4-7/h1-2,7,12,17H,3-6H2,(H,13,16). The highest BCUT2D eigenvalue weighted by atomic mass is 16.5. The minimum Gasteiger partial charge on any atom is -0.427 e. The highest BCUT2D eigenvalue weighted by molar-refractivity contribution is 5.51. The van der Waals surface area contributed by atoms with E-state index in [2.05, 4.69) is 15.3 Å². The van der Waals surface area contributed by atoms with Gasteiger partial charge in [-0.25, -0.2) is 4.79 Å². The van der Waals surface area contributed by atoms with E-state index >= 15 is 0 Å². The molecule has 6 heteroatoms. The van der Waals surface area contributed by atoms with Crippen LogP contribution in [0.1, 0.15) is 24.5 Å². The number of fused-ring (bicyclic) bond motifs is 1. The Hall–Kier alpha value is -1.82. The van der Waals surface area contributed by atoms with Crippen LogP contribution in [0.25, 0.3) is 11.5 Å². The van der Waals surface area contributed by atoms with Gasteiger partial charge in [0.15, 0.2) is 5.82 Å². The van der Waals surface area contributed by atoms with Crippen molar-refractivity contribution in [3.05, 3.63) is 28.3 Å². The Morgan fingerprint density at radius 2 is 2.12 bits per heavy atom. The van der Waals surface area contributed by atoms with Crippen LogP contribution < -0.4 is 11.0 Å². The molecular weight excluding hydrogens is 220 g/mol. The van der Waals surface area contributed by atoms with Crippen molar-refractivity contribution in [3.8, 4) is 11.5 Å². The molecule has 0 atom stereocenters. The minimum absolute atomic E-state index is 0.311. The molecule has 0 radical (unpaired) electrons. The zero-order chi connectivity index (χ0) is 11.8. The minimum atomic E-state index is -0.426. The number of rotatable bonds is 1. The summed E-state index contributed by atoms with van der Waals surface area (Å²) < 4.78 is 1.04. The first kappa shape index (κ1) is 10.3. The van der Waals surface area contributed by atoms with Crippen LogP contribution in [-0.2, 0) is 0 Å². The van der Waals surface area contributed by atoms with Crippen LogP contribution in [0, 0.1) is 0 Å². The van der Waals surface area contributed by atoms with Crippen LogP contribution in [0.3, 0.4) is 0 Å². The maximum atomic E-state index is 11.1. The molecule has 1 saturated heterocycles. The first-order valence-corrected chi connectivity index (χ1v) is 5.77. The highest BCUT2D eigenvalue weighted by Crippen LogP contribution is 2.27. The number of hydrogen-bond acceptors (Lipinski definition) is 4. The Bertz CT molecular complexity index is 553. The van der Waals surface area contributed by atoms with Gasteiger partial charge in [0.25, 0.3) is 0 Å². The second-order valence-corrected chi connectivity index (χ2v) is 4.37. The van der Waals surface area contributed by atoms with Gasteiger partial charge >= 0.3 is 5.69 Å². The molecule has 3 rings (SSSR count). The number of piperidine rings is 1. The molecule has 0 aliphatic carbocycles. The first-order chi connectivity index (χ1) is 8.25. The van der Waals surface area contributed by atoms with Crippen molar-refractivity contribution in [1.82, 2.24) is 20.0 Å². The fraction of sp³-hybridized carbons (Fsp3) is 0.455. The van der Waals surface area contributed by atoms with Gasteiger partial charge in [0.1, 0.15) is 0 Å². The van der Waals surface area contributed by atoms with Gasteiger partial charge in [0.2, 0.25) is 0 Å². The highest BCUT2D eigenvalue weighted by Gasteiger charge is 2.22. The van der Waals surface area contributed by atoms with Gasteiger partial charge < -0.3 is 15.5 Å². The van der Waals surface area contributed by atoms with E-state index in [0.29, 0.717) is 17.4 Å². The Labute approximate surface area is 97.6 Å². The molecule has 0 amide bonds. The van der Waals surface area contributed by atoms with Crippen molar-refractivity contribution in [3.63, 3.8) is 0 Å². The van der Waals surface area contributed by atoms with Gasteiger partial charge in [-0.05, 0) is 38.1 Å². The summed E-state index contributed by atoms with van der Waals surface area (Å²) >= 11 is 0. The van der Waals surface area contributed by atoms with Crippen LogP contribution in [0.4, 0.5) is 0 Å². The lowest BCUT2D eigenvalue weighted by Crippen LogP contribution is -2.28. The van der Waals surface area contributed by atoms with Crippen molar-refractivity contribution in [2.45, 2.75) is 18.8 Å². The lowest BCUT2D eigenvalue weighted by Gasteiger charge is -2.24. The van der Waals surface area contributed by atoms with E-state index in [9.17, 15) is 10.0 Å². The first-order valence-electron chi connectivity index (χ1n) is 5.77. The molecule has 3 N–H and O–H groups in total. The molecule has 3 heterocycles. The molecule has 3 aliphatic rings. The Morgan fingerprint density at radius 3 is 2.88 bits per heavy atom. The second kappa shape index (κ2) is 3.89. The van der Waals surface area contributed by atoms with E-state index in [0.717, 1.165) is 36.4 Å². The predicted molar refractivity (Wildman–Crippen MR) is 61.5 cm³/mol. The van der Waals surface area contributed by atoms with Crippen molar-refractivity contribution in [1.29, 1.82) is 0 Å². The topological polar surface area (TPSA) is 82.9 Å². The van der Waals surface area contributed by atoms with Crippen LogP contribution in [-0.4, -0.2) is 33.0 Å². The largest absolute Gasteiger partial charge is 0.427 e. The Morgan fingerprint density at radius 1 is 1.35 bits per heavy atom. The number of H-pyrrole nitrogens is 1. The SMILES string of the molecule is O=c1nc2n(O)c(C3CCNCC3)ccc-2[nH]1. The monoisotopic (exact) mass is 234 g/mol. The summed E-state index contributed by atoms with van der Waals surface area (Å²) in [6.07, 6.45) is 1.97. The number of nitrogens with one attached hydrogen (secondary N) is 2. The van der Waals surface area contributed by atoms with Crippen LogP contribution in [0.2, 0.25) is 0 Å². The third kappa shape index (κ3) is 1.70. The number of pyridine rings is 1. The zero-order valence-corrected chi connectivity index (χ0v) is 9.31. The molecule has 0 spiro atoms. The summed E-state index contributed by atoms with van der Waals surface area (Å²) in [5, 5.41) is 13.4. The fourth-order valence-electron chi connectivity index (χ4n) is 2.42. The third-order valence-corrected chi connectivity index (χ3v) is 3.31. The van der Waals surface area contributed by atoms with Crippen molar-refractivity contribution in [2.24, 2.45) is 0 Å². The van der Waals surface area contributed by atoms with E-state index in [1.54, 1.807) is 6.07 Å². The normalized spacial score (nSPS) is 17.6. The van der Waals surface area contributed by atoms with Crippen LogP contribution in [0.5, 0.6) is 0 Å². The molecule has 0 saturated carbocycles. The maximum absolute atomic E-state index is 11.1. The van der Waals surface area contributed by atoms with Gasteiger partial charge in [-0.3, -0.25) is 0 Å². The van der Waals surface area contributed by atoms with E-state index in [-0.39, 0.29) is 0 Å². The molecule has 0 aromatic carbocycles. The number of nitrogens with zero attached hydrogens (tertiary/aromatic N) is 2. The van der Waals surface area contributed by atoms with Gasteiger partial charge in [-0.15, -0.1) is 0 Å². The Kier molecular flexibility index (Phi) is 2.36. The third-order valence-electron chi connectivity index (χ3n) is 3.31. The lowest BCUT2D eigenvalue weighted by molar-refractivity contribution is 0.169. The number of imidazole rings is 1. The summed E-state index contributed by atoms with van der Waals surface area (Å²) in [5.74, 6) is 0.628. The van der Waals surface area contributed by atoms with Crippen molar-refractivity contribution >= 4 is 0 Å². The molecule has 0 unspecified atom stereocenters. The molecule has 0 aromatic rings. The summed E-state index contributed by atoms with van der Waals surface area (Å²) in [4.78, 5) is 17.5. The van der Waals surface area contributed by atoms with Gasteiger partial charge in [-0.1, -0.05) is 0 Å². The molecule has 0 bridgehead atoms. The maximum Gasteiger partial charge on any atom is 0.347 e. The summed E-state index contributed by atoms with van der Waals surface area (Å²) in [6.45, 7) is 1.91. The quantitative estimate of drug-likeness (QED) is 0.623. The molecule has 6 nitrogen and oxygen atoms in total. The summed E-state index contributed by atoms with van der Waals surface area (Å²) in [5.41, 5.74) is 0.964. The summed E-state index contributed by atoms with van der Waals surface area (Å²) in [7, 11) is 0. The van der Waals surface area contributed by atoms with Crippen LogP contribution >= 0.6 is 0 Å². The van der Waals surface area contributed by atoms with E-state index in [1.807, 2.05) is 6.07 Å². The second-order valence-electron chi connectivity index (χ2n) is 4.37. The number of aromatic amines is 1. The fourth-order valence-corrected chi connectivity index (χ4v) is 2.42. The number of hydrogen-bond donors (Lipinski definition) is 3. The summed E-state index contributed by atoms with van der Waals surface area (Å²) in [6, 6.07) is 3.66. The average molecular weight is 234 g/mol.